The molecule has 4 rings (SSSR count). The van der Waals surface area contributed by atoms with Crippen molar-refractivity contribution >= 4 is 21.6 Å². The van der Waals surface area contributed by atoms with Gasteiger partial charge in [-0.3, -0.25) is 9.10 Å². The molecule has 0 spiro atoms. The van der Waals surface area contributed by atoms with Crippen LogP contribution >= 0.6 is 0 Å². The summed E-state index contributed by atoms with van der Waals surface area (Å²) >= 11 is 0. The summed E-state index contributed by atoms with van der Waals surface area (Å²) in [6.45, 7) is 2.29. The molecule has 2 aliphatic heterocycles. The van der Waals surface area contributed by atoms with E-state index in [1.165, 1.54) is 4.31 Å². The van der Waals surface area contributed by atoms with Gasteiger partial charge < -0.3 is 19.5 Å². The molecule has 0 aromatic heterocycles. The van der Waals surface area contributed by atoms with Crippen LogP contribution in [0.15, 0.2) is 42.5 Å². The number of sulfonamides is 1. The molecule has 1 amide bonds. The second-order valence-corrected chi connectivity index (χ2v) is 9.02. The van der Waals surface area contributed by atoms with Gasteiger partial charge in [0.1, 0.15) is 18.5 Å². The second kappa shape index (κ2) is 7.47. The van der Waals surface area contributed by atoms with Gasteiger partial charge in [-0.25, -0.2) is 8.42 Å². The number of hydrogen-bond donors (Lipinski definition) is 1. The van der Waals surface area contributed by atoms with Gasteiger partial charge in [0, 0.05) is 0 Å². The molecule has 9 heteroatoms. The van der Waals surface area contributed by atoms with E-state index in [1.807, 2.05) is 31.2 Å². The number of carbonyl (C=O) groups is 1. The molecule has 2 aliphatic rings. The first-order chi connectivity index (χ1) is 13.8. The van der Waals surface area contributed by atoms with Crippen LogP contribution in [-0.4, -0.2) is 52.5 Å². The van der Waals surface area contributed by atoms with Gasteiger partial charge in [0.25, 0.3) is 5.91 Å². The number of rotatable bonds is 4. The Kier molecular flexibility index (Phi) is 4.99. The number of ether oxygens (including phenoxy) is 3. The van der Waals surface area contributed by atoms with Crippen LogP contribution < -0.4 is 23.8 Å². The number of hydrogen-bond acceptors (Lipinski definition) is 6. The Labute approximate surface area is 169 Å². The number of amides is 1. The van der Waals surface area contributed by atoms with E-state index in [2.05, 4.69) is 5.32 Å². The second-order valence-electron chi connectivity index (χ2n) is 7.11. The number of fused-ring (bicyclic) bond motifs is 2. The fraction of sp³-hybridized carbons (Fsp3) is 0.350. The summed E-state index contributed by atoms with van der Waals surface area (Å²) in [7, 11) is -3.56. The maximum absolute atomic E-state index is 12.7. The number of aryl methyl sites for hydroxylation is 1. The van der Waals surface area contributed by atoms with Gasteiger partial charge in [-0.15, -0.1) is 0 Å². The van der Waals surface area contributed by atoms with Gasteiger partial charge in [-0.1, -0.05) is 18.2 Å². The fourth-order valence-electron chi connectivity index (χ4n) is 3.30. The van der Waals surface area contributed by atoms with E-state index in [0.29, 0.717) is 29.5 Å². The summed E-state index contributed by atoms with van der Waals surface area (Å²) in [5.41, 5.74) is 1.34. The zero-order valence-electron chi connectivity index (χ0n) is 16.1. The Bertz CT molecular complexity index is 1040. The van der Waals surface area contributed by atoms with Crippen LogP contribution in [0.3, 0.4) is 0 Å². The Morgan fingerprint density at radius 3 is 2.66 bits per heavy atom. The minimum absolute atomic E-state index is 0.0913. The first-order valence-electron chi connectivity index (χ1n) is 9.22. The standard InChI is InChI=1S/C20H22N2O6S/c1-13-7-8-16-15(9-13)22(29(2,24)25)11-19(28-16)20(23)21-10-14-12-26-17-5-3-4-6-18(17)27-14/h3-9,14,19H,10-12H2,1-2H3,(H,21,23)/t14-,19+/m1/s1. The molecule has 0 saturated heterocycles. The van der Waals surface area contributed by atoms with Crippen molar-refractivity contribution in [1.82, 2.24) is 5.32 Å². The quantitative estimate of drug-likeness (QED) is 0.808. The van der Waals surface area contributed by atoms with Crippen LogP contribution in [0.4, 0.5) is 5.69 Å². The molecule has 2 atom stereocenters. The predicted octanol–water partition coefficient (Wildman–Crippen LogP) is 1.48. The molecule has 2 aromatic rings. The predicted molar refractivity (Wildman–Crippen MR) is 107 cm³/mol. The first kappa shape index (κ1) is 19.4. The highest BCUT2D eigenvalue weighted by molar-refractivity contribution is 7.92. The minimum atomic E-state index is -3.56. The Balaban J connectivity index is 1.43. The lowest BCUT2D eigenvalue weighted by Gasteiger charge is -2.34. The third-order valence-corrected chi connectivity index (χ3v) is 5.89. The van der Waals surface area contributed by atoms with Crippen LogP contribution in [0.25, 0.3) is 0 Å². The molecular formula is C20H22N2O6S. The lowest BCUT2D eigenvalue weighted by atomic mass is 10.1. The molecule has 29 heavy (non-hydrogen) atoms. The van der Waals surface area contributed by atoms with Crippen LogP contribution in [0.5, 0.6) is 17.2 Å². The summed E-state index contributed by atoms with van der Waals surface area (Å²) in [6.07, 6.45) is -0.195. The van der Waals surface area contributed by atoms with Gasteiger partial charge in [-0.05, 0) is 36.8 Å². The van der Waals surface area contributed by atoms with Gasteiger partial charge in [-0.2, -0.15) is 0 Å². The third-order valence-electron chi connectivity index (χ3n) is 4.75. The molecule has 8 nitrogen and oxygen atoms in total. The maximum atomic E-state index is 12.7. The van der Waals surface area contributed by atoms with Gasteiger partial charge in [0.15, 0.2) is 17.6 Å². The van der Waals surface area contributed by atoms with Crippen molar-refractivity contribution < 1.29 is 27.4 Å². The topological polar surface area (TPSA) is 94.2 Å². The van der Waals surface area contributed by atoms with Crippen molar-refractivity contribution in [3.63, 3.8) is 0 Å². The largest absolute Gasteiger partial charge is 0.486 e. The number of anilines is 1. The molecule has 0 radical (unpaired) electrons. The summed E-state index contributed by atoms with van der Waals surface area (Å²) in [5, 5.41) is 2.78. The number of nitrogens with one attached hydrogen (secondary N) is 1. The smallest absolute Gasteiger partial charge is 0.263 e. The lowest BCUT2D eigenvalue weighted by Crippen LogP contribution is -2.52. The normalized spacial score (nSPS) is 20.4. The maximum Gasteiger partial charge on any atom is 0.263 e. The number of carbonyl (C=O) groups excluding carboxylic acids is 1. The molecule has 2 aromatic carbocycles. The zero-order valence-corrected chi connectivity index (χ0v) is 16.9. The van der Waals surface area contributed by atoms with Crippen LogP contribution in [-0.2, 0) is 14.8 Å². The van der Waals surface area contributed by atoms with E-state index in [-0.39, 0.29) is 19.2 Å². The average Bonchev–Trinajstić information content (AvgIpc) is 2.70. The molecule has 0 saturated carbocycles. The van der Waals surface area contributed by atoms with Gasteiger partial charge in [0.05, 0.1) is 25.0 Å². The Hall–Kier alpha value is -2.94. The molecule has 2 heterocycles. The molecule has 1 N–H and O–H groups in total. The molecule has 0 aliphatic carbocycles. The highest BCUT2D eigenvalue weighted by Gasteiger charge is 2.35. The van der Waals surface area contributed by atoms with E-state index >= 15 is 0 Å². The molecule has 0 fully saturated rings. The highest BCUT2D eigenvalue weighted by Crippen LogP contribution is 2.36. The highest BCUT2D eigenvalue weighted by atomic mass is 32.2. The summed E-state index contributed by atoms with van der Waals surface area (Å²) in [5.74, 6) is 1.24. The zero-order chi connectivity index (χ0) is 20.6. The van der Waals surface area contributed by atoms with Crippen molar-refractivity contribution in [2.45, 2.75) is 19.1 Å². The van der Waals surface area contributed by atoms with Crippen molar-refractivity contribution in [2.75, 3.05) is 30.3 Å². The van der Waals surface area contributed by atoms with E-state index in [4.69, 9.17) is 14.2 Å². The molecular weight excluding hydrogens is 396 g/mol. The summed E-state index contributed by atoms with van der Waals surface area (Å²) in [6, 6.07) is 12.5. The summed E-state index contributed by atoms with van der Waals surface area (Å²) < 4.78 is 43.0. The average molecular weight is 418 g/mol. The van der Waals surface area contributed by atoms with E-state index < -0.39 is 22.0 Å². The minimum Gasteiger partial charge on any atom is -0.486 e. The van der Waals surface area contributed by atoms with Crippen LogP contribution in [0.1, 0.15) is 5.56 Å². The van der Waals surface area contributed by atoms with Crippen molar-refractivity contribution in [3.8, 4) is 17.2 Å². The molecule has 0 unspecified atom stereocenters. The Morgan fingerprint density at radius 1 is 1.14 bits per heavy atom. The van der Waals surface area contributed by atoms with Gasteiger partial charge in [0.2, 0.25) is 10.0 Å². The number of para-hydroxylation sites is 2. The van der Waals surface area contributed by atoms with E-state index in [1.54, 1.807) is 18.2 Å². The molecule has 0 bridgehead atoms. The lowest BCUT2D eigenvalue weighted by molar-refractivity contribution is -0.128. The van der Waals surface area contributed by atoms with Crippen molar-refractivity contribution in [3.05, 3.63) is 48.0 Å². The fourth-order valence-corrected chi connectivity index (χ4v) is 4.21. The third kappa shape index (κ3) is 4.09. The van der Waals surface area contributed by atoms with Crippen LogP contribution in [0, 0.1) is 6.92 Å². The van der Waals surface area contributed by atoms with Crippen molar-refractivity contribution in [2.24, 2.45) is 0 Å². The van der Waals surface area contributed by atoms with Crippen LogP contribution in [0.2, 0.25) is 0 Å². The van der Waals surface area contributed by atoms with Crippen molar-refractivity contribution in [1.29, 1.82) is 0 Å². The number of benzene rings is 2. The summed E-state index contributed by atoms with van der Waals surface area (Å²) in [4.78, 5) is 12.7. The molecule has 154 valence electrons. The van der Waals surface area contributed by atoms with E-state index in [0.717, 1.165) is 11.8 Å². The van der Waals surface area contributed by atoms with E-state index in [9.17, 15) is 13.2 Å². The van der Waals surface area contributed by atoms with Gasteiger partial charge >= 0.3 is 0 Å². The monoisotopic (exact) mass is 418 g/mol. The SMILES string of the molecule is Cc1ccc2c(c1)N(S(C)(=O)=O)C[C@@H](C(=O)NC[C@@H]1COc3ccccc3O1)O2. The first-order valence-corrected chi connectivity index (χ1v) is 11.1. The Morgan fingerprint density at radius 2 is 1.90 bits per heavy atom. The number of nitrogens with zero attached hydrogens (tertiary/aromatic N) is 1.